The lowest BCUT2D eigenvalue weighted by molar-refractivity contribution is 0.298. The second-order valence-electron chi connectivity index (χ2n) is 4.61. The van der Waals surface area contributed by atoms with Crippen molar-refractivity contribution in [3.05, 3.63) is 64.8 Å². The molecule has 0 amide bonds. The van der Waals surface area contributed by atoms with Crippen LogP contribution in [-0.4, -0.2) is 12.1 Å². The number of rotatable bonds is 4. The molecule has 4 heteroatoms. The minimum Gasteiger partial charge on any atom is -0.487 e. The normalized spacial score (nSPS) is 10.6. The van der Waals surface area contributed by atoms with Crippen molar-refractivity contribution in [3.63, 3.8) is 0 Å². The Hall–Kier alpha value is -2.07. The van der Waals surface area contributed by atoms with Gasteiger partial charge in [0.1, 0.15) is 12.4 Å². The van der Waals surface area contributed by atoms with Crippen molar-refractivity contribution in [2.24, 2.45) is 0 Å². The largest absolute Gasteiger partial charge is 0.487 e. The smallest absolute Gasteiger partial charge is 0.213 e. The monoisotopic (exact) mass is 343 g/mol. The van der Waals surface area contributed by atoms with Crippen molar-refractivity contribution < 1.29 is 9.47 Å². The van der Waals surface area contributed by atoms with E-state index in [1.54, 1.807) is 7.11 Å². The summed E-state index contributed by atoms with van der Waals surface area (Å²) in [5.74, 6) is 1.42. The first-order chi connectivity index (χ1) is 10.2. The minimum absolute atomic E-state index is 0.416. The molecule has 3 rings (SSSR count). The van der Waals surface area contributed by atoms with Gasteiger partial charge in [-0.2, -0.15) is 0 Å². The summed E-state index contributed by atoms with van der Waals surface area (Å²) in [4.78, 5) is 4.33. The number of hydrogen-bond donors (Lipinski definition) is 0. The summed E-state index contributed by atoms with van der Waals surface area (Å²) in [5, 5.41) is 2.32. The molecular weight excluding hydrogens is 330 g/mol. The standard InChI is InChI=1S/C17H14BrNO2/c1-20-17-4-2-3-15(19-17)11-21-16-8-6-12-9-14(18)7-5-13(12)10-16/h2-10H,11H2,1H3. The third kappa shape index (κ3) is 3.34. The van der Waals surface area contributed by atoms with Gasteiger partial charge >= 0.3 is 0 Å². The van der Waals surface area contributed by atoms with E-state index in [0.29, 0.717) is 12.5 Å². The number of ether oxygens (including phenoxy) is 2. The molecule has 2 aromatic carbocycles. The van der Waals surface area contributed by atoms with Gasteiger partial charge in [-0.3, -0.25) is 0 Å². The van der Waals surface area contributed by atoms with Crippen LogP contribution in [0.5, 0.6) is 11.6 Å². The van der Waals surface area contributed by atoms with E-state index >= 15 is 0 Å². The molecule has 0 N–H and O–H groups in total. The predicted molar refractivity (Wildman–Crippen MR) is 86.8 cm³/mol. The topological polar surface area (TPSA) is 31.4 Å². The summed E-state index contributed by atoms with van der Waals surface area (Å²) in [6.07, 6.45) is 0. The zero-order chi connectivity index (χ0) is 14.7. The van der Waals surface area contributed by atoms with Gasteiger partial charge in [0.25, 0.3) is 0 Å². The highest BCUT2D eigenvalue weighted by atomic mass is 79.9. The van der Waals surface area contributed by atoms with E-state index in [-0.39, 0.29) is 0 Å². The average Bonchev–Trinajstić information content (AvgIpc) is 2.53. The number of methoxy groups -OCH3 is 1. The van der Waals surface area contributed by atoms with Crippen molar-refractivity contribution in [1.82, 2.24) is 4.98 Å². The van der Waals surface area contributed by atoms with Gasteiger partial charge < -0.3 is 9.47 Å². The van der Waals surface area contributed by atoms with Crippen LogP contribution in [0.1, 0.15) is 5.69 Å². The quantitative estimate of drug-likeness (QED) is 0.694. The highest BCUT2D eigenvalue weighted by molar-refractivity contribution is 9.10. The number of aromatic nitrogens is 1. The van der Waals surface area contributed by atoms with Crippen molar-refractivity contribution >= 4 is 26.7 Å². The molecule has 0 fully saturated rings. The van der Waals surface area contributed by atoms with E-state index in [0.717, 1.165) is 21.3 Å². The molecule has 0 saturated carbocycles. The fraction of sp³-hybridized carbons (Fsp3) is 0.118. The molecule has 3 aromatic rings. The first-order valence-electron chi connectivity index (χ1n) is 6.57. The second kappa shape index (κ2) is 6.14. The van der Waals surface area contributed by atoms with E-state index in [9.17, 15) is 0 Å². The zero-order valence-corrected chi connectivity index (χ0v) is 13.1. The van der Waals surface area contributed by atoms with Gasteiger partial charge in [0.15, 0.2) is 0 Å². The number of halogens is 1. The van der Waals surface area contributed by atoms with Gasteiger partial charge in [-0.1, -0.05) is 34.1 Å². The van der Waals surface area contributed by atoms with E-state index in [1.165, 1.54) is 5.39 Å². The van der Waals surface area contributed by atoms with E-state index in [2.05, 4.69) is 39.1 Å². The molecule has 0 aliphatic rings. The lowest BCUT2D eigenvalue weighted by Crippen LogP contribution is -1.99. The fourth-order valence-corrected chi connectivity index (χ4v) is 2.47. The first kappa shape index (κ1) is 13.9. The molecule has 0 unspecified atom stereocenters. The summed E-state index contributed by atoms with van der Waals surface area (Å²) in [6, 6.07) is 17.9. The van der Waals surface area contributed by atoms with Crippen molar-refractivity contribution in [2.45, 2.75) is 6.61 Å². The van der Waals surface area contributed by atoms with Crippen LogP contribution in [0.3, 0.4) is 0 Å². The Labute approximate surface area is 131 Å². The maximum atomic E-state index is 5.80. The van der Waals surface area contributed by atoms with Gasteiger partial charge in [-0.15, -0.1) is 0 Å². The number of fused-ring (bicyclic) bond motifs is 1. The Kier molecular flexibility index (Phi) is 4.06. The van der Waals surface area contributed by atoms with Crippen LogP contribution in [0, 0.1) is 0 Å². The van der Waals surface area contributed by atoms with Gasteiger partial charge in [0.05, 0.1) is 12.8 Å². The Morgan fingerprint density at radius 2 is 1.81 bits per heavy atom. The summed E-state index contributed by atoms with van der Waals surface area (Å²) < 4.78 is 12.0. The first-order valence-corrected chi connectivity index (χ1v) is 7.36. The molecule has 0 aliphatic heterocycles. The van der Waals surface area contributed by atoms with Crippen LogP contribution in [0.2, 0.25) is 0 Å². The molecule has 1 heterocycles. The van der Waals surface area contributed by atoms with Gasteiger partial charge in [-0.25, -0.2) is 4.98 Å². The maximum absolute atomic E-state index is 5.80. The number of hydrogen-bond acceptors (Lipinski definition) is 3. The summed E-state index contributed by atoms with van der Waals surface area (Å²) >= 11 is 3.47. The lowest BCUT2D eigenvalue weighted by atomic mass is 10.1. The van der Waals surface area contributed by atoms with Crippen molar-refractivity contribution in [3.8, 4) is 11.6 Å². The molecular formula is C17H14BrNO2. The fourth-order valence-electron chi connectivity index (χ4n) is 2.09. The summed E-state index contributed by atoms with van der Waals surface area (Å²) in [6.45, 7) is 0.416. The Balaban J connectivity index is 1.77. The van der Waals surface area contributed by atoms with Gasteiger partial charge in [-0.05, 0) is 41.1 Å². The number of benzene rings is 2. The van der Waals surface area contributed by atoms with E-state index in [1.807, 2.05) is 36.4 Å². The van der Waals surface area contributed by atoms with Gasteiger partial charge in [0.2, 0.25) is 5.88 Å². The van der Waals surface area contributed by atoms with Crippen LogP contribution in [0.15, 0.2) is 59.1 Å². The maximum Gasteiger partial charge on any atom is 0.213 e. The van der Waals surface area contributed by atoms with Crippen molar-refractivity contribution in [2.75, 3.05) is 7.11 Å². The Morgan fingerprint density at radius 1 is 1.00 bits per heavy atom. The molecule has 1 aromatic heterocycles. The SMILES string of the molecule is COc1cccc(COc2ccc3cc(Br)ccc3c2)n1. The molecule has 0 bridgehead atoms. The molecule has 106 valence electrons. The molecule has 0 atom stereocenters. The van der Waals surface area contributed by atoms with Crippen molar-refractivity contribution in [1.29, 1.82) is 0 Å². The van der Waals surface area contributed by atoms with Crippen LogP contribution >= 0.6 is 15.9 Å². The zero-order valence-electron chi connectivity index (χ0n) is 11.5. The minimum atomic E-state index is 0.416. The third-order valence-corrected chi connectivity index (χ3v) is 3.64. The third-order valence-electron chi connectivity index (χ3n) is 3.15. The number of pyridine rings is 1. The van der Waals surface area contributed by atoms with Gasteiger partial charge in [0, 0.05) is 10.5 Å². The highest BCUT2D eigenvalue weighted by Gasteiger charge is 2.01. The Morgan fingerprint density at radius 3 is 2.67 bits per heavy atom. The highest BCUT2D eigenvalue weighted by Crippen LogP contribution is 2.24. The molecule has 0 saturated heterocycles. The lowest BCUT2D eigenvalue weighted by Gasteiger charge is -2.08. The summed E-state index contributed by atoms with van der Waals surface area (Å²) in [5.41, 5.74) is 0.838. The van der Waals surface area contributed by atoms with E-state index in [4.69, 9.17) is 9.47 Å². The van der Waals surface area contributed by atoms with Crippen LogP contribution in [-0.2, 0) is 6.61 Å². The number of nitrogens with zero attached hydrogens (tertiary/aromatic N) is 1. The van der Waals surface area contributed by atoms with Crippen LogP contribution < -0.4 is 9.47 Å². The van der Waals surface area contributed by atoms with Crippen LogP contribution in [0.4, 0.5) is 0 Å². The summed E-state index contributed by atoms with van der Waals surface area (Å²) in [7, 11) is 1.61. The average molecular weight is 344 g/mol. The molecule has 3 nitrogen and oxygen atoms in total. The van der Waals surface area contributed by atoms with E-state index < -0.39 is 0 Å². The predicted octanol–water partition coefficient (Wildman–Crippen LogP) is 4.58. The molecule has 0 spiro atoms. The Bertz CT molecular complexity index is 774. The molecule has 0 aliphatic carbocycles. The van der Waals surface area contributed by atoms with Crippen LogP contribution in [0.25, 0.3) is 10.8 Å². The molecule has 0 radical (unpaired) electrons. The molecule has 21 heavy (non-hydrogen) atoms. The second-order valence-corrected chi connectivity index (χ2v) is 5.53.